The first-order valence-corrected chi connectivity index (χ1v) is 6.52. The van der Waals surface area contributed by atoms with Crippen LogP contribution in [-0.4, -0.2) is 30.6 Å². The second-order valence-electron chi connectivity index (χ2n) is 4.22. The Labute approximate surface area is 105 Å². The summed E-state index contributed by atoms with van der Waals surface area (Å²) < 4.78 is 1.31. The third-order valence-corrected chi connectivity index (χ3v) is 3.49. The van der Waals surface area contributed by atoms with Crippen molar-refractivity contribution < 1.29 is 0 Å². The molecule has 0 spiro atoms. The van der Waals surface area contributed by atoms with Gasteiger partial charge in [0, 0.05) is 35.8 Å². The molecule has 1 saturated heterocycles. The number of hydrogen-bond donors (Lipinski definition) is 1. The molecule has 0 unspecified atom stereocenters. The van der Waals surface area contributed by atoms with E-state index in [1.165, 1.54) is 9.13 Å². The fraction of sp³-hybridized carbons (Fsp3) is 0.500. The number of rotatable bonds is 2. The number of piperazine rings is 1. The molecule has 1 aliphatic rings. The maximum Gasteiger partial charge on any atom is 0.0234 e. The molecule has 1 heterocycles. The lowest BCUT2D eigenvalue weighted by Gasteiger charge is -2.31. The summed E-state index contributed by atoms with van der Waals surface area (Å²) in [4.78, 5) is 2.52. The van der Waals surface area contributed by atoms with Gasteiger partial charge in [0.05, 0.1) is 0 Å². The van der Waals surface area contributed by atoms with Crippen molar-refractivity contribution in [2.24, 2.45) is 0 Å². The maximum atomic E-state index is 3.46. The molecule has 2 rings (SSSR count). The van der Waals surface area contributed by atoms with Crippen molar-refractivity contribution in [2.45, 2.75) is 19.5 Å². The Balaban J connectivity index is 1.93. The third kappa shape index (κ3) is 3.43. The minimum Gasteiger partial charge on any atom is -0.312 e. The summed E-state index contributed by atoms with van der Waals surface area (Å²) in [6.07, 6.45) is 0. The van der Waals surface area contributed by atoms with Crippen molar-refractivity contribution in [1.82, 2.24) is 10.2 Å². The van der Waals surface area contributed by atoms with Crippen LogP contribution in [0.1, 0.15) is 12.5 Å². The topological polar surface area (TPSA) is 15.3 Å². The summed E-state index contributed by atoms with van der Waals surface area (Å²) in [5.41, 5.74) is 1.42. The average molecular weight is 316 g/mol. The lowest BCUT2D eigenvalue weighted by atomic mass is 10.2. The zero-order valence-corrected chi connectivity index (χ0v) is 11.2. The van der Waals surface area contributed by atoms with Crippen LogP contribution in [-0.2, 0) is 6.54 Å². The van der Waals surface area contributed by atoms with Crippen LogP contribution in [0.25, 0.3) is 0 Å². The van der Waals surface area contributed by atoms with Crippen LogP contribution in [0.15, 0.2) is 24.3 Å². The molecule has 0 radical (unpaired) electrons. The van der Waals surface area contributed by atoms with E-state index in [0.717, 1.165) is 26.2 Å². The number of halogens is 1. The summed E-state index contributed by atoms with van der Waals surface area (Å²) >= 11 is 2.35. The van der Waals surface area contributed by atoms with Crippen molar-refractivity contribution in [1.29, 1.82) is 0 Å². The highest BCUT2D eigenvalue weighted by Gasteiger charge is 2.15. The molecule has 3 heteroatoms. The van der Waals surface area contributed by atoms with Crippen molar-refractivity contribution in [2.75, 3.05) is 19.6 Å². The summed E-state index contributed by atoms with van der Waals surface area (Å²) in [5, 5.41) is 3.46. The monoisotopic (exact) mass is 316 g/mol. The van der Waals surface area contributed by atoms with Crippen LogP contribution >= 0.6 is 22.6 Å². The molecule has 1 aromatic rings. The van der Waals surface area contributed by atoms with Gasteiger partial charge in [-0.15, -0.1) is 0 Å². The van der Waals surface area contributed by atoms with Crippen molar-refractivity contribution >= 4 is 22.6 Å². The molecule has 1 N–H and O–H groups in total. The molecule has 1 fully saturated rings. The zero-order valence-electron chi connectivity index (χ0n) is 9.04. The molecule has 1 aromatic carbocycles. The smallest absolute Gasteiger partial charge is 0.0234 e. The largest absolute Gasteiger partial charge is 0.312 e. The molecule has 1 aliphatic heterocycles. The SMILES string of the molecule is C[C@@H]1CN(Cc2ccc(I)cc2)CCN1. The van der Waals surface area contributed by atoms with Crippen molar-refractivity contribution in [3.8, 4) is 0 Å². The number of nitrogens with zero attached hydrogens (tertiary/aromatic N) is 1. The summed E-state index contributed by atoms with van der Waals surface area (Å²) in [7, 11) is 0. The van der Waals surface area contributed by atoms with Gasteiger partial charge in [0.15, 0.2) is 0 Å². The summed E-state index contributed by atoms with van der Waals surface area (Å²) in [5.74, 6) is 0. The fourth-order valence-electron chi connectivity index (χ4n) is 2.00. The second kappa shape index (κ2) is 5.27. The van der Waals surface area contributed by atoms with E-state index in [4.69, 9.17) is 0 Å². The predicted octanol–water partition coefficient (Wildman–Crippen LogP) is 2.08. The van der Waals surface area contributed by atoms with E-state index in [2.05, 4.69) is 64.0 Å². The lowest BCUT2D eigenvalue weighted by molar-refractivity contribution is 0.199. The molecule has 2 nitrogen and oxygen atoms in total. The lowest BCUT2D eigenvalue weighted by Crippen LogP contribution is -2.48. The number of benzene rings is 1. The molecule has 0 aliphatic carbocycles. The molecular weight excluding hydrogens is 299 g/mol. The highest BCUT2D eigenvalue weighted by Crippen LogP contribution is 2.10. The Kier molecular flexibility index (Phi) is 3.99. The van der Waals surface area contributed by atoms with Crippen LogP contribution in [0.5, 0.6) is 0 Å². The molecule has 15 heavy (non-hydrogen) atoms. The fourth-order valence-corrected chi connectivity index (χ4v) is 2.36. The minimum absolute atomic E-state index is 0.627. The van der Waals surface area contributed by atoms with E-state index in [0.29, 0.717) is 6.04 Å². The Morgan fingerprint density at radius 3 is 2.80 bits per heavy atom. The van der Waals surface area contributed by atoms with Crippen LogP contribution in [0.3, 0.4) is 0 Å². The number of hydrogen-bond acceptors (Lipinski definition) is 2. The molecule has 0 saturated carbocycles. The van der Waals surface area contributed by atoms with Crippen LogP contribution in [0.4, 0.5) is 0 Å². The normalized spacial score (nSPS) is 22.9. The predicted molar refractivity (Wildman–Crippen MR) is 71.9 cm³/mol. The van der Waals surface area contributed by atoms with Gasteiger partial charge in [0.25, 0.3) is 0 Å². The Morgan fingerprint density at radius 2 is 2.13 bits per heavy atom. The van der Waals surface area contributed by atoms with Crippen LogP contribution in [0, 0.1) is 3.57 Å². The average Bonchev–Trinajstić information content (AvgIpc) is 2.22. The van der Waals surface area contributed by atoms with Crippen molar-refractivity contribution in [3.05, 3.63) is 33.4 Å². The van der Waals surface area contributed by atoms with E-state index in [9.17, 15) is 0 Å². The first-order chi connectivity index (χ1) is 7.24. The van der Waals surface area contributed by atoms with E-state index in [1.54, 1.807) is 0 Å². The highest BCUT2D eigenvalue weighted by molar-refractivity contribution is 14.1. The van der Waals surface area contributed by atoms with Crippen LogP contribution in [0.2, 0.25) is 0 Å². The van der Waals surface area contributed by atoms with Crippen LogP contribution < -0.4 is 5.32 Å². The minimum atomic E-state index is 0.627. The summed E-state index contributed by atoms with van der Waals surface area (Å²) in [6, 6.07) is 9.45. The van der Waals surface area contributed by atoms with Gasteiger partial charge in [-0.25, -0.2) is 0 Å². The Hall–Kier alpha value is -0.130. The molecule has 0 bridgehead atoms. The summed E-state index contributed by atoms with van der Waals surface area (Å²) in [6.45, 7) is 6.77. The van der Waals surface area contributed by atoms with Gasteiger partial charge >= 0.3 is 0 Å². The van der Waals surface area contributed by atoms with E-state index in [-0.39, 0.29) is 0 Å². The molecular formula is C12H17IN2. The Bertz CT molecular complexity index is 310. The van der Waals surface area contributed by atoms with Gasteiger partial charge in [-0.3, -0.25) is 4.90 Å². The van der Waals surface area contributed by atoms with E-state index < -0.39 is 0 Å². The third-order valence-electron chi connectivity index (χ3n) is 2.77. The zero-order chi connectivity index (χ0) is 10.7. The standard InChI is InChI=1S/C12H17IN2/c1-10-8-15(7-6-14-10)9-11-2-4-12(13)5-3-11/h2-5,10,14H,6-9H2,1H3/t10-/m1/s1. The quantitative estimate of drug-likeness (QED) is 0.841. The Morgan fingerprint density at radius 1 is 1.40 bits per heavy atom. The van der Waals surface area contributed by atoms with Gasteiger partial charge in [-0.2, -0.15) is 0 Å². The molecule has 0 amide bonds. The van der Waals surface area contributed by atoms with E-state index >= 15 is 0 Å². The molecule has 1 atom stereocenters. The first kappa shape index (κ1) is 11.4. The second-order valence-corrected chi connectivity index (χ2v) is 5.46. The van der Waals surface area contributed by atoms with E-state index in [1.807, 2.05) is 0 Å². The maximum absolute atomic E-state index is 3.46. The van der Waals surface area contributed by atoms with Gasteiger partial charge in [-0.05, 0) is 47.2 Å². The first-order valence-electron chi connectivity index (χ1n) is 5.44. The van der Waals surface area contributed by atoms with Gasteiger partial charge in [0.2, 0.25) is 0 Å². The van der Waals surface area contributed by atoms with Gasteiger partial charge in [-0.1, -0.05) is 12.1 Å². The van der Waals surface area contributed by atoms with Crippen molar-refractivity contribution in [3.63, 3.8) is 0 Å². The molecule has 0 aromatic heterocycles. The van der Waals surface area contributed by atoms with Gasteiger partial charge < -0.3 is 5.32 Å². The number of nitrogens with one attached hydrogen (secondary N) is 1. The highest BCUT2D eigenvalue weighted by atomic mass is 127. The van der Waals surface area contributed by atoms with Gasteiger partial charge in [0.1, 0.15) is 0 Å². The molecule has 82 valence electrons.